The second kappa shape index (κ2) is 6.03. The Kier molecular flexibility index (Phi) is 4.29. The molecule has 1 N–H and O–H groups in total. The average Bonchev–Trinajstić information content (AvgIpc) is 3.20. The van der Waals surface area contributed by atoms with Gasteiger partial charge in [-0.1, -0.05) is 18.5 Å². The van der Waals surface area contributed by atoms with Crippen LogP contribution in [0.2, 0.25) is 5.02 Å². The first-order chi connectivity index (χ1) is 10.1. The van der Waals surface area contributed by atoms with Gasteiger partial charge in [0.1, 0.15) is 10.8 Å². The van der Waals surface area contributed by atoms with Crippen molar-refractivity contribution < 1.29 is 4.39 Å². The van der Waals surface area contributed by atoms with Gasteiger partial charge in [0.05, 0.1) is 11.7 Å². The summed E-state index contributed by atoms with van der Waals surface area (Å²) in [5.74, 6) is -0.233. The Labute approximate surface area is 133 Å². The molecule has 0 bridgehead atoms. The minimum atomic E-state index is -0.233. The zero-order valence-electron chi connectivity index (χ0n) is 12.1. The summed E-state index contributed by atoms with van der Waals surface area (Å²) in [5.41, 5.74) is 1.69. The van der Waals surface area contributed by atoms with Gasteiger partial charge in [-0.05, 0) is 44.4 Å². The molecule has 1 unspecified atom stereocenters. The van der Waals surface area contributed by atoms with Gasteiger partial charge in [-0.25, -0.2) is 9.37 Å². The van der Waals surface area contributed by atoms with Gasteiger partial charge >= 0.3 is 0 Å². The van der Waals surface area contributed by atoms with Crippen LogP contribution < -0.4 is 5.32 Å². The first kappa shape index (κ1) is 14.9. The number of benzene rings is 1. The molecule has 3 rings (SSSR count). The Morgan fingerprint density at radius 2 is 2.24 bits per heavy atom. The quantitative estimate of drug-likeness (QED) is 0.866. The van der Waals surface area contributed by atoms with Gasteiger partial charge in [-0.2, -0.15) is 0 Å². The second-order valence-electron chi connectivity index (χ2n) is 5.45. The number of aryl methyl sites for hydroxylation is 2. The highest BCUT2D eigenvalue weighted by Gasteiger charge is 2.30. The van der Waals surface area contributed by atoms with E-state index in [1.807, 2.05) is 0 Å². The van der Waals surface area contributed by atoms with E-state index in [0.717, 1.165) is 30.0 Å². The molecule has 1 aromatic heterocycles. The van der Waals surface area contributed by atoms with Crippen LogP contribution in [0.1, 0.15) is 46.9 Å². The molecule has 1 aliphatic carbocycles. The van der Waals surface area contributed by atoms with Gasteiger partial charge in [0.15, 0.2) is 0 Å². The van der Waals surface area contributed by atoms with Crippen molar-refractivity contribution in [3.05, 3.63) is 50.2 Å². The fraction of sp³-hybridized carbons (Fsp3) is 0.438. The average molecular weight is 325 g/mol. The maximum absolute atomic E-state index is 14.2. The van der Waals surface area contributed by atoms with Crippen LogP contribution in [-0.2, 0) is 6.42 Å². The largest absolute Gasteiger partial charge is 0.301 e. The highest BCUT2D eigenvalue weighted by molar-refractivity contribution is 7.11. The molecular weight excluding hydrogens is 307 g/mol. The topological polar surface area (TPSA) is 24.9 Å². The van der Waals surface area contributed by atoms with Crippen molar-refractivity contribution in [2.24, 2.45) is 0 Å². The number of hydrogen-bond donors (Lipinski definition) is 1. The van der Waals surface area contributed by atoms with Crippen LogP contribution >= 0.6 is 22.9 Å². The maximum Gasteiger partial charge on any atom is 0.128 e. The van der Waals surface area contributed by atoms with Crippen LogP contribution in [0.25, 0.3) is 0 Å². The van der Waals surface area contributed by atoms with Crippen molar-refractivity contribution in [1.29, 1.82) is 0 Å². The van der Waals surface area contributed by atoms with Crippen LogP contribution in [0.3, 0.4) is 0 Å². The van der Waals surface area contributed by atoms with Gasteiger partial charge in [0, 0.05) is 21.5 Å². The van der Waals surface area contributed by atoms with Gasteiger partial charge < -0.3 is 5.32 Å². The number of thiazole rings is 1. The van der Waals surface area contributed by atoms with E-state index >= 15 is 0 Å². The summed E-state index contributed by atoms with van der Waals surface area (Å²) < 4.78 is 14.2. The first-order valence-electron chi connectivity index (χ1n) is 7.25. The Bertz CT molecular complexity index is 652. The summed E-state index contributed by atoms with van der Waals surface area (Å²) in [4.78, 5) is 5.91. The molecule has 2 aromatic rings. The molecule has 1 saturated carbocycles. The summed E-state index contributed by atoms with van der Waals surface area (Å²) in [7, 11) is 0. The molecule has 21 heavy (non-hydrogen) atoms. The van der Waals surface area contributed by atoms with Crippen LogP contribution in [0.5, 0.6) is 0 Å². The van der Waals surface area contributed by atoms with Crippen molar-refractivity contribution in [2.75, 3.05) is 0 Å². The summed E-state index contributed by atoms with van der Waals surface area (Å²) in [5, 5.41) is 4.99. The molecule has 0 aliphatic heterocycles. The molecule has 0 amide bonds. The molecule has 112 valence electrons. The van der Waals surface area contributed by atoms with Crippen molar-refractivity contribution in [3.8, 4) is 0 Å². The van der Waals surface area contributed by atoms with Crippen molar-refractivity contribution >= 4 is 22.9 Å². The molecule has 1 atom stereocenters. The fourth-order valence-corrected chi connectivity index (χ4v) is 3.69. The molecule has 5 heteroatoms. The van der Waals surface area contributed by atoms with Crippen molar-refractivity contribution in [2.45, 2.75) is 45.2 Å². The number of nitrogens with one attached hydrogen (secondary N) is 1. The zero-order valence-corrected chi connectivity index (χ0v) is 13.7. The lowest BCUT2D eigenvalue weighted by molar-refractivity contribution is 0.544. The van der Waals surface area contributed by atoms with Crippen molar-refractivity contribution in [1.82, 2.24) is 10.3 Å². The van der Waals surface area contributed by atoms with Gasteiger partial charge in [0.2, 0.25) is 0 Å². The number of aromatic nitrogens is 1. The number of halogens is 2. The lowest BCUT2D eigenvalue weighted by Crippen LogP contribution is -2.25. The summed E-state index contributed by atoms with van der Waals surface area (Å²) >= 11 is 7.70. The van der Waals surface area contributed by atoms with E-state index in [2.05, 4.69) is 19.2 Å². The summed E-state index contributed by atoms with van der Waals surface area (Å²) in [6.45, 7) is 4.16. The number of nitrogens with zero attached hydrogens (tertiary/aromatic N) is 1. The molecular formula is C16H18ClFN2S. The lowest BCUT2D eigenvalue weighted by atomic mass is 10.1. The normalized spacial score (nSPS) is 16.2. The Morgan fingerprint density at radius 3 is 2.86 bits per heavy atom. The van der Waals surface area contributed by atoms with E-state index in [4.69, 9.17) is 16.6 Å². The second-order valence-corrected chi connectivity index (χ2v) is 7.12. The van der Waals surface area contributed by atoms with E-state index in [-0.39, 0.29) is 11.9 Å². The molecule has 0 radical (unpaired) electrons. The SMILES string of the molecule is CCc1nc(C(NC2CC2)c2cc(Cl)ccc2F)sc1C. The summed E-state index contributed by atoms with van der Waals surface area (Å²) in [6.07, 6.45) is 3.18. The minimum Gasteiger partial charge on any atom is -0.301 e. The highest BCUT2D eigenvalue weighted by atomic mass is 35.5. The van der Waals surface area contributed by atoms with Gasteiger partial charge in [-0.15, -0.1) is 11.3 Å². The third kappa shape index (κ3) is 3.28. The number of hydrogen-bond acceptors (Lipinski definition) is 3. The maximum atomic E-state index is 14.2. The van der Waals surface area contributed by atoms with Crippen LogP contribution in [0.15, 0.2) is 18.2 Å². The van der Waals surface area contributed by atoms with Crippen LogP contribution in [0.4, 0.5) is 4.39 Å². The number of rotatable bonds is 5. The molecule has 1 aliphatic rings. The predicted molar refractivity (Wildman–Crippen MR) is 85.6 cm³/mol. The van der Waals surface area contributed by atoms with E-state index in [1.165, 1.54) is 10.9 Å². The van der Waals surface area contributed by atoms with Gasteiger partial charge in [-0.3, -0.25) is 0 Å². The smallest absolute Gasteiger partial charge is 0.128 e. The van der Waals surface area contributed by atoms with Crippen LogP contribution in [0, 0.1) is 12.7 Å². The molecule has 1 fully saturated rings. The summed E-state index contributed by atoms with van der Waals surface area (Å²) in [6, 6.07) is 4.97. The molecule has 0 spiro atoms. The molecule has 0 saturated heterocycles. The Morgan fingerprint density at radius 1 is 1.48 bits per heavy atom. The standard InChI is InChI=1S/C16H18ClFN2S/c1-3-14-9(2)21-16(20-14)15(19-11-5-6-11)12-8-10(17)4-7-13(12)18/h4,7-8,11,15,19H,3,5-6H2,1-2H3. The minimum absolute atomic E-state index is 0.208. The molecule has 1 aromatic carbocycles. The molecule has 1 heterocycles. The van der Waals surface area contributed by atoms with E-state index in [0.29, 0.717) is 16.6 Å². The Hall–Kier alpha value is -0.970. The zero-order chi connectivity index (χ0) is 15.0. The Balaban J connectivity index is 2.01. The molecule has 2 nitrogen and oxygen atoms in total. The third-order valence-corrected chi connectivity index (χ3v) is 5.05. The van der Waals surface area contributed by atoms with Crippen LogP contribution in [-0.4, -0.2) is 11.0 Å². The van der Waals surface area contributed by atoms with E-state index in [9.17, 15) is 4.39 Å². The van der Waals surface area contributed by atoms with E-state index in [1.54, 1.807) is 23.5 Å². The lowest BCUT2D eigenvalue weighted by Gasteiger charge is -2.17. The fourth-order valence-electron chi connectivity index (χ4n) is 2.42. The van der Waals surface area contributed by atoms with Gasteiger partial charge in [0.25, 0.3) is 0 Å². The van der Waals surface area contributed by atoms with Crippen molar-refractivity contribution in [3.63, 3.8) is 0 Å². The first-order valence-corrected chi connectivity index (χ1v) is 8.45. The highest BCUT2D eigenvalue weighted by Crippen LogP contribution is 2.34. The predicted octanol–water partition coefficient (Wildman–Crippen LogP) is 4.65. The third-order valence-electron chi connectivity index (χ3n) is 3.74. The monoisotopic (exact) mass is 324 g/mol. The van der Waals surface area contributed by atoms with E-state index < -0.39 is 0 Å².